The SMILES string of the molecule is COc1c(NC(C)CC(C)C)nc[nH]c1=O. The van der Waals surface area contributed by atoms with E-state index in [2.05, 4.69) is 36.1 Å². The number of rotatable bonds is 5. The Kier molecular flexibility index (Phi) is 4.34. The lowest BCUT2D eigenvalue weighted by molar-refractivity contribution is 0.406. The van der Waals surface area contributed by atoms with Gasteiger partial charge in [0, 0.05) is 6.04 Å². The van der Waals surface area contributed by atoms with Crippen molar-refractivity contribution in [2.24, 2.45) is 5.92 Å². The summed E-state index contributed by atoms with van der Waals surface area (Å²) in [5, 5.41) is 3.18. The zero-order valence-electron chi connectivity index (χ0n) is 10.2. The van der Waals surface area contributed by atoms with Gasteiger partial charge in [0.25, 0.3) is 5.56 Å². The first-order chi connectivity index (χ1) is 7.54. The van der Waals surface area contributed by atoms with Gasteiger partial charge in [0.05, 0.1) is 13.4 Å². The molecule has 16 heavy (non-hydrogen) atoms. The van der Waals surface area contributed by atoms with E-state index in [4.69, 9.17) is 4.74 Å². The lowest BCUT2D eigenvalue weighted by atomic mass is 10.1. The van der Waals surface area contributed by atoms with Crippen LogP contribution in [0.1, 0.15) is 27.2 Å². The zero-order chi connectivity index (χ0) is 12.1. The Labute approximate surface area is 95.3 Å². The van der Waals surface area contributed by atoms with E-state index < -0.39 is 0 Å². The standard InChI is InChI=1S/C11H19N3O2/c1-7(2)5-8(3)14-10-9(16-4)11(15)13-6-12-10/h6-8H,5H2,1-4H3,(H2,12,13,14,15). The summed E-state index contributed by atoms with van der Waals surface area (Å²) in [6, 6.07) is 0.253. The molecule has 0 spiro atoms. The van der Waals surface area contributed by atoms with Crippen molar-refractivity contribution in [1.29, 1.82) is 0 Å². The molecule has 2 N–H and O–H groups in total. The Bertz CT molecular complexity index is 387. The van der Waals surface area contributed by atoms with Crippen LogP contribution >= 0.6 is 0 Å². The summed E-state index contributed by atoms with van der Waals surface area (Å²) in [6.07, 6.45) is 2.38. The van der Waals surface area contributed by atoms with Gasteiger partial charge in [-0.25, -0.2) is 4.98 Å². The largest absolute Gasteiger partial charge is 0.489 e. The summed E-state index contributed by atoms with van der Waals surface area (Å²) in [6.45, 7) is 6.36. The Morgan fingerprint density at radius 2 is 2.19 bits per heavy atom. The van der Waals surface area contributed by atoms with Gasteiger partial charge in [0.1, 0.15) is 0 Å². The summed E-state index contributed by atoms with van der Waals surface area (Å²) in [5.41, 5.74) is -0.267. The number of anilines is 1. The number of methoxy groups -OCH3 is 1. The van der Waals surface area contributed by atoms with Gasteiger partial charge in [-0.05, 0) is 19.3 Å². The highest BCUT2D eigenvalue weighted by Crippen LogP contribution is 2.17. The van der Waals surface area contributed by atoms with E-state index in [1.807, 2.05) is 0 Å². The monoisotopic (exact) mass is 225 g/mol. The lowest BCUT2D eigenvalue weighted by Crippen LogP contribution is -2.21. The maximum atomic E-state index is 11.4. The fourth-order valence-corrected chi connectivity index (χ4v) is 1.68. The van der Waals surface area contributed by atoms with Crippen molar-refractivity contribution in [2.45, 2.75) is 33.2 Å². The van der Waals surface area contributed by atoms with Crippen LogP contribution in [0.15, 0.2) is 11.1 Å². The third-order valence-corrected chi connectivity index (χ3v) is 2.22. The van der Waals surface area contributed by atoms with E-state index in [-0.39, 0.29) is 17.4 Å². The zero-order valence-corrected chi connectivity index (χ0v) is 10.2. The average molecular weight is 225 g/mol. The maximum absolute atomic E-state index is 11.4. The lowest BCUT2D eigenvalue weighted by Gasteiger charge is -2.17. The van der Waals surface area contributed by atoms with E-state index in [0.717, 1.165) is 6.42 Å². The first kappa shape index (κ1) is 12.5. The van der Waals surface area contributed by atoms with Crippen molar-refractivity contribution in [3.63, 3.8) is 0 Å². The fourth-order valence-electron chi connectivity index (χ4n) is 1.68. The summed E-state index contributed by atoms with van der Waals surface area (Å²) >= 11 is 0. The van der Waals surface area contributed by atoms with Crippen molar-refractivity contribution in [1.82, 2.24) is 9.97 Å². The Morgan fingerprint density at radius 3 is 2.75 bits per heavy atom. The van der Waals surface area contributed by atoms with Gasteiger partial charge >= 0.3 is 0 Å². The van der Waals surface area contributed by atoms with Gasteiger partial charge in [0.2, 0.25) is 5.75 Å². The molecule has 1 unspecified atom stereocenters. The minimum absolute atomic E-state index is 0.234. The molecule has 0 amide bonds. The second kappa shape index (κ2) is 5.53. The van der Waals surface area contributed by atoms with Crippen molar-refractivity contribution in [3.05, 3.63) is 16.7 Å². The molecule has 0 aliphatic rings. The van der Waals surface area contributed by atoms with Crippen LogP contribution in [0.5, 0.6) is 5.75 Å². The van der Waals surface area contributed by atoms with Crippen LogP contribution in [0.2, 0.25) is 0 Å². The molecule has 1 heterocycles. The minimum atomic E-state index is -0.267. The van der Waals surface area contributed by atoms with Gasteiger partial charge in [0.15, 0.2) is 5.82 Å². The van der Waals surface area contributed by atoms with Gasteiger partial charge in [-0.15, -0.1) is 0 Å². The van der Waals surface area contributed by atoms with Crippen molar-refractivity contribution in [2.75, 3.05) is 12.4 Å². The molecule has 0 saturated carbocycles. The number of aromatic nitrogens is 2. The van der Waals surface area contributed by atoms with Gasteiger partial charge in [-0.1, -0.05) is 13.8 Å². The number of H-pyrrole nitrogens is 1. The van der Waals surface area contributed by atoms with Crippen LogP contribution in [-0.4, -0.2) is 23.1 Å². The number of aromatic amines is 1. The molecule has 0 fully saturated rings. The number of nitrogens with zero attached hydrogens (tertiary/aromatic N) is 1. The molecule has 1 atom stereocenters. The molecule has 0 saturated heterocycles. The van der Waals surface area contributed by atoms with Crippen LogP contribution in [0.3, 0.4) is 0 Å². The number of hydrogen-bond donors (Lipinski definition) is 2. The molecule has 1 aromatic rings. The average Bonchev–Trinajstić information content (AvgIpc) is 2.16. The van der Waals surface area contributed by atoms with Crippen LogP contribution in [0.25, 0.3) is 0 Å². The molecule has 0 aliphatic heterocycles. The van der Waals surface area contributed by atoms with Gasteiger partial charge < -0.3 is 15.0 Å². The molecule has 5 heteroatoms. The van der Waals surface area contributed by atoms with E-state index in [9.17, 15) is 4.79 Å². The molecule has 90 valence electrons. The van der Waals surface area contributed by atoms with Crippen molar-refractivity contribution in [3.8, 4) is 5.75 Å². The quantitative estimate of drug-likeness (QED) is 0.799. The number of nitrogens with one attached hydrogen (secondary N) is 2. The fraction of sp³-hybridized carbons (Fsp3) is 0.636. The van der Waals surface area contributed by atoms with E-state index in [1.165, 1.54) is 13.4 Å². The second-order valence-electron chi connectivity index (χ2n) is 4.29. The summed E-state index contributed by atoms with van der Waals surface area (Å²) < 4.78 is 5.01. The van der Waals surface area contributed by atoms with E-state index >= 15 is 0 Å². The predicted molar refractivity (Wildman–Crippen MR) is 63.9 cm³/mol. The summed E-state index contributed by atoms with van der Waals surface area (Å²) in [7, 11) is 1.46. The smallest absolute Gasteiger partial charge is 0.295 e. The van der Waals surface area contributed by atoms with Crippen molar-refractivity contribution >= 4 is 5.82 Å². The second-order valence-corrected chi connectivity index (χ2v) is 4.29. The molecule has 1 aromatic heterocycles. The van der Waals surface area contributed by atoms with E-state index in [1.54, 1.807) is 0 Å². The Hall–Kier alpha value is -1.52. The molecule has 0 radical (unpaired) electrons. The molecule has 1 rings (SSSR count). The van der Waals surface area contributed by atoms with Crippen LogP contribution in [0, 0.1) is 5.92 Å². The molecule has 0 aliphatic carbocycles. The normalized spacial score (nSPS) is 12.6. The van der Waals surface area contributed by atoms with Gasteiger partial charge in [-0.2, -0.15) is 0 Å². The third kappa shape index (κ3) is 3.25. The van der Waals surface area contributed by atoms with Crippen LogP contribution in [0.4, 0.5) is 5.82 Å². The van der Waals surface area contributed by atoms with Crippen LogP contribution in [-0.2, 0) is 0 Å². The highest BCUT2D eigenvalue weighted by molar-refractivity contribution is 5.48. The predicted octanol–water partition coefficient (Wildman–Crippen LogP) is 1.62. The number of ether oxygens (including phenoxy) is 1. The third-order valence-electron chi connectivity index (χ3n) is 2.22. The van der Waals surface area contributed by atoms with Crippen LogP contribution < -0.4 is 15.6 Å². The molecular weight excluding hydrogens is 206 g/mol. The topological polar surface area (TPSA) is 67.0 Å². The maximum Gasteiger partial charge on any atom is 0.295 e. The van der Waals surface area contributed by atoms with Crippen molar-refractivity contribution < 1.29 is 4.74 Å². The molecule has 0 aromatic carbocycles. The molecule has 5 nitrogen and oxygen atoms in total. The molecule has 0 bridgehead atoms. The Morgan fingerprint density at radius 1 is 1.50 bits per heavy atom. The highest BCUT2D eigenvalue weighted by Gasteiger charge is 2.12. The summed E-state index contributed by atoms with van der Waals surface area (Å²) in [4.78, 5) is 18.0. The van der Waals surface area contributed by atoms with E-state index in [0.29, 0.717) is 11.7 Å². The minimum Gasteiger partial charge on any atom is -0.489 e. The first-order valence-electron chi connectivity index (χ1n) is 5.42. The Balaban J connectivity index is 2.80. The highest BCUT2D eigenvalue weighted by atomic mass is 16.5. The summed E-state index contributed by atoms with van der Waals surface area (Å²) in [5.74, 6) is 1.33. The van der Waals surface area contributed by atoms with Gasteiger partial charge in [-0.3, -0.25) is 4.79 Å². The molecular formula is C11H19N3O2. The first-order valence-corrected chi connectivity index (χ1v) is 5.42. The number of hydrogen-bond acceptors (Lipinski definition) is 4.